The molecule has 0 bridgehead atoms. The first kappa shape index (κ1) is 22.9. The predicted molar refractivity (Wildman–Crippen MR) is 123 cm³/mol. The number of likely N-dealkylation sites (N-methyl/N-ethyl adjacent to an activating group) is 1. The number of morpholine rings is 1. The van der Waals surface area contributed by atoms with Crippen LogP contribution < -0.4 is 19.7 Å². The fourth-order valence-electron chi connectivity index (χ4n) is 3.62. The van der Waals surface area contributed by atoms with Gasteiger partial charge in [0.15, 0.2) is 11.5 Å². The van der Waals surface area contributed by atoms with Gasteiger partial charge in [-0.3, -0.25) is 9.69 Å². The summed E-state index contributed by atoms with van der Waals surface area (Å²) in [5.41, 5.74) is 4.13. The standard InChI is InChI=1S/C24H33N3O4/c1-17-14-22(29-4)23(30-5)15-19(17)16-26(3)18(2)24(28)25-20-6-8-21(9-7-20)27-10-12-31-13-11-27/h6-9,14-15,18H,10-13,16H2,1-5H3,(H,25,28)/t18-/m0/s1. The summed E-state index contributed by atoms with van der Waals surface area (Å²) < 4.78 is 16.2. The minimum absolute atomic E-state index is 0.0419. The van der Waals surface area contributed by atoms with Crippen LogP contribution in [0, 0.1) is 6.92 Å². The molecule has 0 aromatic heterocycles. The lowest BCUT2D eigenvalue weighted by Crippen LogP contribution is -2.39. The zero-order valence-corrected chi connectivity index (χ0v) is 19.1. The van der Waals surface area contributed by atoms with E-state index in [-0.39, 0.29) is 11.9 Å². The van der Waals surface area contributed by atoms with Crippen molar-refractivity contribution in [1.82, 2.24) is 4.90 Å². The predicted octanol–water partition coefficient (Wildman–Crippen LogP) is 3.31. The molecule has 2 aromatic rings. The number of ether oxygens (including phenoxy) is 3. The highest BCUT2D eigenvalue weighted by atomic mass is 16.5. The number of benzene rings is 2. The number of carbonyl (C=O) groups excluding carboxylic acids is 1. The van der Waals surface area contributed by atoms with Crippen LogP contribution in [0.15, 0.2) is 36.4 Å². The average Bonchev–Trinajstić information content (AvgIpc) is 2.80. The Hall–Kier alpha value is -2.77. The number of anilines is 2. The molecule has 1 fully saturated rings. The highest BCUT2D eigenvalue weighted by molar-refractivity contribution is 5.94. The molecule has 31 heavy (non-hydrogen) atoms. The van der Waals surface area contributed by atoms with Crippen molar-refractivity contribution in [3.05, 3.63) is 47.5 Å². The molecule has 1 saturated heterocycles. The van der Waals surface area contributed by atoms with Gasteiger partial charge in [-0.05, 0) is 68.4 Å². The van der Waals surface area contributed by atoms with Crippen LogP contribution in [0.4, 0.5) is 11.4 Å². The van der Waals surface area contributed by atoms with E-state index in [2.05, 4.69) is 10.2 Å². The molecule has 0 radical (unpaired) electrons. The number of carbonyl (C=O) groups is 1. The molecule has 1 aliphatic heterocycles. The molecule has 0 saturated carbocycles. The second-order valence-corrected chi connectivity index (χ2v) is 7.86. The summed E-state index contributed by atoms with van der Waals surface area (Å²) in [6, 6.07) is 11.6. The summed E-state index contributed by atoms with van der Waals surface area (Å²) >= 11 is 0. The van der Waals surface area contributed by atoms with E-state index >= 15 is 0 Å². The number of nitrogens with zero attached hydrogens (tertiary/aromatic N) is 2. The van der Waals surface area contributed by atoms with Crippen LogP contribution in [0.2, 0.25) is 0 Å². The number of nitrogens with one attached hydrogen (secondary N) is 1. The van der Waals surface area contributed by atoms with Crippen molar-refractivity contribution < 1.29 is 19.0 Å². The molecule has 1 amide bonds. The summed E-state index contributed by atoms with van der Waals surface area (Å²) in [7, 11) is 5.20. The molecule has 168 valence electrons. The van der Waals surface area contributed by atoms with E-state index in [1.165, 1.54) is 0 Å². The number of methoxy groups -OCH3 is 2. The van der Waals surface area contributed by atoms with Gasteiger partial charge in [-0.2, -0.15) is 0 Å². The fraction of sp³-hybridized carbons (Fsp3) is 0.458. The van der Waals surface area contributed by atoms with E-state index in [1.807, 2.05) is 62.2 Å². The molecular weight excluding hydrogens is 394 g/mol. The summed E-state index contributed by atoms with van der Waals surface area (Å²) in [5, 5.41) is 3.03. The van der Waals surface area contributed by atoms with Gasteiger partial charge in [0.05, 0.1) is 33.5 Å². The molecular formula is C24H33N3O4. The second-order valence-electron chi connectivity index (χ2n) is 7.86. The van der Waals surface area contributed by atoms with Crippen molar-refractivity contribution in [2.45, 2.75) is 26.4 Å². The first-order valence-electron chi connectivity index (χ1n) is 10.6. The van der Waals surface area contributed by atoms with E-state index in [0.717, 1.165) is 48.8 Å². The van der Waals surface area contributed by atoms with Gasteiger partial charge in [-0.1, -0.05) is 0 Å². The second kappa shape index (κ2) is 10.5. The number of hydrogen-bond donors (Lipinski definition) is 1. The van der Waals surface area contributed by atoms with Gasteiger partial charge in [-0.25, -0.2) is 0 Å². The third kappa shape index (κ3) is 5.68. The first-order chi connectivity index (χ1) is 14.9. The summed E-state index contributed by atoms with van der Waals surface area (Å²) in [6.07, 6.45) is 0. The minimum atomic E-state index is -0.300. The molecule has 1 heterocycles. The zero-order chi connectivity index (χ0) is 22.4. The topological polar surface area (TPSA) is 63.3 Å². The van der Waals surface area contributed by atoms with Crippen molar-refractivity contribution in [1.29, 1.82) is 0 Å². The van der Waals surface area contributed by atoms with Crippen LogP contribution >= 0.6 is 0 Å². The highest BCUT2D eigenvalue weighted by Gasteiger charge is 2.20. The van der Waals surface area contributed by atoms with E-state index in [4.69, 9.17) is 14.2 Å². The maximum atomic E-state index is 12.8. The van der Waals surface area contributed by atoms with Gasteiger partial charge in [-0.15, -0.1) is 0 Å². The van der Waals surface area contributed by atoms with E-state index in [0.29, 0.717) is 18.0 Å². The molecule has 0 unspecified atom stereocenters. The van der Waals surface area contributed by atoms with Crippen LogP contribution in [0.25, 0.3) is 0 Å². The Kier molecular flexibility index (Phi) is 7.76. The van der Waals surface area contributed by atoms with E-state index in [1.54, 1.807) is 14.2 Å². The maximum Gasteiger partial charge on any atom is 0.241 e. The van der Waals surface area contributed by atoms with E-state index in [9.17, 15) is 4.79 Å². The van der Waals surface area contributed by atoms with Crippen LogP contribution in [0.5, 0.6) is 11.5 Å². The monoisotopic (exact) mass is 427 g/mol. The lowest BCUT2D eigenvalue weighted by Gasteiger charge is -2.29. The lowest BCUT2D eigenvalue weighted by molar-refractivity contribution is -0.120. The number of rotatable bonds is 8. The SMILES string of the molecule is COc1cc(C)c(CN(C)[C@@H](C)C(=O)Nc2ccc(N3CCOCC3)cc2)cc1OC. The van der Waals surface area contributed by atoms with Crippen LogP contribution in [0.3, 0.4) is 0 Å². The summed E-state index contributed by atoms with van der Waals surface area (Å²) in [5.74, 6) is 1.35. The molecule has 1 N–H and O–H groups in total. The van der Waals surface area contributed by atoms with Gasteiger partial charge in [0.1, 0.15) is 0 Å². The number of amides is 1. The van der Waals surface area contributed by atoms with Gasteiger partial charge < -0.3 is 24.4 Å². The number of hydrogen-bond acceptors (Lipinski definition) is 6. The summed E-state index contributed by atoms with van der Waals surface area (Å²) in [6.45, 7) is 7.85. The smallest absolute Gasteiger partial charge is 0.241 e. The van der Waals surface area contributed by atoms with Crippen molar-refractivity contribution in [3.63, 3.8) is 0 Å². The molecule has 0 aliphatic carbocycles. The third-order valence-electron chi connectivity index (χ3n) is 5.81. The molecule has 7 heteroatoms. The van der Waals surface area contributed by atoms with Crippen molar-refractivity contribution >= 4 is 17.3 Å². The van der Waals surface area contributed by atoms with E-state index < -0.39 is 0 Å². The first-order valence-corrected chi connectivity index (χ1v) is 10.6. The molecule has 3 rings (SSSR count). The molecule has 1 atom stereocenters. The zero-order valence-electron chi connectivity index (χ0n) is 19.1. The molecule has 7 nitrogen and oxygen atoms in total. The van der Waals surface area contributed by atoms with Crippen molar-refractivity contribution in [2.24, 2.45) is 0 Å². The Balaban J connectivity index is 1.60. The third-order valence-corrected chi connectivity index (χ3v) is 5.81. The average molecular weight is 428 g/mol. The lowest BCUT2D eigenvalue weighted by atomic mass is 10.1. The molecule has 1 aliphatic rings. The van der Waals surface area contributed by atoms with Gasteiger partial charge in [0, 0.05) is 31.0 Å². The Bertz CT molecular complexity index is 879. The summed E-state index contributed by atoms with van der Waals surface area (Å²) in [4.78, 5) is 17.1. The van der Waals surface area contributed by atoms with Gasteiger partial charge >= 0.3 is 0 Å². The van der Waals surface area contributed by atoms with Crippen LogP contribution in [0.1, 0.15) is 18.1 Å². The normalized spacial score (nSPS) is 15.0. The van der Waals surface area contributed by atoms with Crippen molar-refractivity contribution in [2.75, 3.05) is 57.8 Å². The highest BCUT2D eigenvalue weighted by Crippen LogP contribution is 2.31. The molecule has 2 aromatic carbocycles. The Morgan fingerprint density at radius 2 is 1.74 bits per heavy atom. The van der Waals surface area contributed by atoms with Crippen molar-refractivity contribution in [3.8, 4) is 11.5 Å². The van der Waals surface area contributed by atoms with Crippen LogP contribution in [-0.2, 0) is 16.1 Å². The van der Waals surface area contributed by atoms with Gasteiger partial charge in [0.2, 0.25) is 5.91 Å². The Morgan fingerprint density at radius 3 is 2.35 bits per heavy atom. The van der Waals surface area contributed by atoms with Crippen LogP contribution in [-0.4, -0.2) is 64.4 Å². The van der Waals surface area contributed by atoms with Gasteiger partial charge in [0.25, 0.3) is 0 Å². The largest absolute Gasteiger partial charge is 0.493 e. The Labute approximate surface area is 184 Å². The Morgan fingerprint density at radius 1 is 1.13 bits per heavy atom. The molecule has 0 spiro atoms. The minimum Gasteiger partial charge on any atom is -0.493 e. The quantitative estimate of drug-likeness (QED) is 0.697. The fourth-order valence-corrected chi connectivity index (χ4v) is 3.62. The number of aryl methyl sites for hydroxylation is 1. The maximum absolute atomic E-state index is 12.8.